The van der Waals surface area contributed by atoms with Gasteiger partial charge in [0.15, 0.2) is 0 Å². The molecule has 3 nitrogen and oxygen atoms in total. The molecule has 1 rings (SSSR count). The SMILES string of the molecule is CCC(CC)NC(=O)C(C)C(N)c1ccccc1. The molecule has 0 spiro atoms. The molecule has 3 heteroatoms. The van der Waals surface area contributed by atoms with Crippen LogP contribution in [0.3, 0.4) is 0 Å². The Morgan fingerprint density at radius 3 is 2.28 bits per heavy atom. The molecular weight excluding hydrogens is 224 g/mol. The van der Waals surface area contributed by atoms with Crippen LogP contribution in [0.5, 0.6) is 0 Å². The third-order valence-corrected chi connectivity index (χ3v) is 3.47. The van der Waals surface area contributed by atoms with Gasteiger partial charge in [0.1, 0.15) is 0 Å². The summed E-state index contributed by atoms with van der Waals surface area (Å²) in [6.07, 6.45) is 1.91. The Morgan fingerprint density at radius 2 is 1.78 bits per heavy atom. The lowest BCUT2D eigenvalue weighted by molar-refractivity contribution is -0.125. The van der Waals surface area contributed by atoms with Gasteiger partial charge in [-0.2, -0.15) is 0 Å². The molecule has 0 heterocycles. The summed E-state index contributed by atoms with van der Waals surface area (Å²) in [5.74, 6) is -0.173. The summed E-state index contributed by atoms with van der Waals surface area (Å²) in [5, 5.41) is 3.05. The lowest BCUT2D eigenvalue weighted by Crippen LogP contribution is -2.40. The van der Waals surface area contributed by atoms with Crippen LogP contribution >= 0.6 is 0 Å². The van der Waals surface area contributed by atoms with Crippen molar-refractivity contribution in [1.82, 2.24) is 5.32 Å². The van der Waals surface area contributed by atoms with Gasteiger partial charge in [-0.1, -0.05) is 51.1 Å². The highest BCUT2D eigenvalue weighted by Crippen LogP contribution is 2.19. The van der Waals surface area contributed by atoms with Crippen LogP contribution in [0.15, 0.2) is 30.3 Å². The van der Waals surface area contributed by atoms with E-state index < -0.39 is 0 Å². The molecule has 0 aliphatic carbocycles. The van der Waals surface area contributed by atoms with Crippen LogP contribution < -0.4 is 11.1 Å². The first-order valence-electron chi connectivity index (χ1n) is 6.71. The fourth-order valence-corrected chi connectivity index (χ4v) is 1.95. The molecule has 0 aliphatic rings. The topological polar surface area (TPSA) is 55.1 Å². The summed E-state index contributed by atoms with van der Waals surface area (Å²) >= 11 is 0. The lowest BCUT2D eigenvalue weighted by atomic mass is 9.94. The number of carbonyl (C=O) groups excluding carboxylic acids is 1. The van der Waals surface area contributed by atoms with E-state index in [0.717, 1.165) is 18.4 Å². The second kappa shape index (κ2) is 7.17. The number of amides is 1. The van der Waals surface area contributed by atoms with Gasteiger partial charge in [0, 0.05) is 12.1 Å². The standard InChI is InChI=1S/C15H24N2O/c1-4-13(5-2)17-15(18)11(3)14(16)12-9-7-6-8-10-12/h6-11,13-14H,4-5,16H2,1-3H3,(H,17,18). The number of nitrogens with two attached hydrogens (primary N) is 1. The highest BCUT2D eigenvalue weighted by Gasteiger charge is 2.23. The lowest BCUT2D eigenvalue weighted by Gasteiger charge is -2.23. The zero-order valence-electron chi connectivity index (χ0n) is 11.5. The van der Waals surface area contributed by atoms with Gasteiger partial charge in [0.2, 0.25) is 5.91 Å². The fraction of sp³-hybridized carbons (Fsp3) is 0.533. The second-order valence-corrected chi connectivity index (χ2v) is 4.75. The Balaban J connectivity index is 2.63. The zero-order chi connectivity index (χ0) is 13.5. The molecule has 0 radical (unpaired) electrons. The Labute approximate surface area is 110 Å². The van der Waals surface area contributed by atoms with E-state index in [1.54, 1.807) is 0 Å². The number of carbonyl (C=O) groups is 1. The molecule has 1 aromatic carbocycles. The van der Waals surface area contributed by atoms with Crippen molar-refractivity contribution in [3.05, 3.63) is 35.9 Å². The smallest absolute Gasteiger partial charge is 0.224 e. The van der Waals surface area contributed by atoms with E-state index in [1.807, 2.05) is 37.3 Å². The monoisotopic (exact) mass is 248 g/mol. The molecule has 2 unspecified atom stereocenters. The van der Waals surface area contributed by atoms with Gasteiger partial charge in [-0.15, -0.1) is 0 Å². The predicted molar refractivity (Wildman–Crippen MR) is 75.0 cm³/mol. The van der Waals surface area contributed by atoms with Crippen LogP contribution in [0.4, 0.5) is 0 Å². The zero-order valence-corrected chi connectivity index (χ0v) is 11.5. The van der Waals surface area contributed by atoms with E-state index in [1.165, 1.54) is 0 Å². The van der Waals surface area contributed by atoms with E-state index in [2.05, 4.69) is 19.2 Å². The van der Waals surface area contributed by atoms with Crippen molar-refractivity contribution in [2.75, 3.05) is 0 Å². The summed E-state index contributed by atoms with van der Waals surface area (Å²) < 4.78 is 0. The molecule has 0 aromatic heterocycles. The molecule has 1 aromatic rings. The van der Waals surface area contributed by atoms with Gasteiger partial charge in [-0.3, -0.25) is 4.79 Å². The van der Waals surface area contributed by atoms with E-state index in [9.17, 15) is 4.79 Å². The molecule has 100 valence electrons. The normalized spacial score (nSPS) is 14.3. The van der Waals surface area contributed by atoms with Crippen molar-refractivity contribution in [1.29, 1.82) is 0 Å². The molecule has 0 saturated carbocycles. The molecule has 0 saturated heterocycles. The molecule has 0 fully saturated rings. The van der Waals surface area contributed by atoms with Crippen LogP contribution in [0.1, 0.15) is 45.2 Å². The molecular formula is C15H24N2O. The molecule has 0 aliphatic heterocycles. The van der Waals surface area contributed by atoms with Crippen molar-refractivity contribution in [3.8, 4) is 0 Å². The van der Waals surface area contributed by atoms with Crippen LogP contribution in [0, 0.1) is 5.92 Å². The van der Waals surface area contributed by atoms with E-state index in [-0.39, 0.29) is 23.9 Å². The maximum absolute atomic E-state index is 12.1. The van der Waals surface area contributed by atoms with Gasteiger partial charge in [-0.05, 0) is 18.4 Å². The molecule has 1 amide bonds. The van der Waals surface area contributed by atoms with Crippen molar-refractivity contribution in [3.63, 3.8) is 0 Å². The third kappa shape index (κ3) is 3.84. The summed E-state index contributed by atoms with van der Waals surface area (Å²) in [4.78, 5) is 12.1. The Morgan fingerprint density at radius 1 is 1.22 bits per heavy atom. The van der Waals surface area contributed by atoms with Gasteiger partial charge in [-0.25, -0.2) is 0 Å². The Hall–Kier alpha value is -1.35. The van der Waals surface area contributed by atoms with Crippen LogP contribution in [-0.2, 0) is 4.79 Å². The first kappa shape index (κ1) is 14.7. The summed E-state index contributed by atoms with van der Waals surface area (Å²) in [7, 11) is 0. The highest BCUT2D eigenvalue weighted by atomic mass is 16.1. The fourth-order valence-electron chi connectivity index (χ4n) is 1.95. The second-order valence-electron chi connectivity index (χ2n) is 4.75. The van der Waals surface area contributed by atoms with Crippen molar-refractivity contribution < 1.29 is 4.79 Å². The number of hydrogen-bond acceptors (Lipinski definition) is 2. The van der Waals surface area contributed by atoms with Gasteiger partial charge in [0.05, 0.1) is 5.92 Å². The summed E-state index contributed by atoms with van der Waals surface area (Å²) in [5.41, 5.74) is 7.14. The van der Waals surface area contributed by atoms with Crippen molar-refractivity contribution >= 4 is 5.91 Å². The quantitative estimate of drug-likeness (QED) is 0.813. The first-order chi connectivity index (χ1) is 8.60. The van der Waals surface area contributed by atoms with Crippen LogP contribution in [-0.4, -0.2) is 11.9 Å². The average Bonchev–Trinajstić information content (AvgIpc) is 2.43. The number of nitrogens with one attached hydrogen (secondary N) is 1. The molecule has 0 bridgehead atoms. The summed E-state index contributed by atoms with van der Waals surface area (Å²) in [6, 6.07) is 9.77. The van der Waals surface area contributed by atoms with E-state index in [4.69, 9.17) is 5.73 Å². The molecule has 3 N–H and O–H groups in total. The Kier molecular flexibility index (Phi) is 5.86. The largest absolute Gasteiger partial charge is 0.353 e. The summed E-state index contributed by atoms with van der Waals surface area (Å²) in [6.45, 7) is 6.04. The Bertz CT molecular complexity index is 360. The number of benzene rings is 1. The molecule has 18 heavy (non-hydrogen) atoms. The van der Waals surface area contributed by atoms with E-state index >= 15 is 0 Å². The predicted octanol–water partition coefficient (Wildman–Crippen LogP) is 2.63. The first-order valence-corrected chi connectivity index (χ1v) is 6.71. The highest BCUT2D eigenvalue weighted by molar-refractivity contribution is 5.79. The minimum Gasteiger partial charge on any atom is -0.353 e. The van der Waals surface area contributed by atoms with Crippen LogP contribution in [0.25, 0.3) is 0 Å². The van der Waals surface area contributed by atoms with Gasteiger partial charge >= 0.3 is 0 Å². The minimum absolute atomic E-state index is 0.0417. The third-order valence-electron chi connectivity index (χ3n) is 3.47. The van der Waals surface area contributed by atoms with Crippen LogP contribution in [0.2, 0.25) is 0 Å². The van der Waals surface area contributed by atoms with Crippen molar-refractivity contribution in [2.24, 2.45) is 11.7 Å². The van der Waals surface area contributed by atoms with Crippen molar-refractivity contribution in [2.45, 2.75) is 45.7 Å². The van der Waals surface area contributed by atoms with Gasteiger partial charge in [0.25, 0.3) is 0 Å². The number of hydrogen-bond donors (Lipinski definition) is 2. The maximum atomic E-state index is 12.1. The molecule has 2 atom stereocenters. The van der Waals surface area contributed by atoms with Gasteiger partial charge < -0.3 is 11.1 Å². The average molecular weight is 248 g/mol. The maximum Gasteiger partial charge on any atom is 0.224 e. The number of rotatable bonds is 6. The van der Waals surface area contributed by atoms with E-state index in [0.29, 0.717) is 0 Å². The minimum atomic E-state index is -0.249.